The van der Waals surface area contributed by atoms with Crippen LogP contribution in [0.2, 0.25) is 0 Å². The first-order chi connectivity index (χ1) is 12.9. The molecule has 0 bridgehead atoms. The number of aryl methyl sites for hydroxylation is 2. The van der Waals surface area contributed by atoms with Crippen LogP contribution in [0.5, 0.6) is 0 Å². The highest BCUT2D eigenvalue weighted by molar-refractivity contribution is 7.24. The molecule has 0 heterocycles. The first-order valence-electron chi connectivity index (χ1n) is 9.95. The van der Waals surface area contributed by atoms with Gasteiger partial charge in [0.25, 0.3) is 0 Å². The minimum Gasteiger partial charge on any atom is -0.289 e. The minimum absolute atomic E-state index is 0.0471. The maximum Gasteiger partial charge on any atom is 0.193 e. The van der Waals surface area contributed by atoms with Crippen molar-refractivity contribution in [3.8, 4) is 0 Å². The molecule has 1 unspecified atom stereocenters. The lowest BCUT2D eigenvalue weighted by Crippen LogP contribution is -2.12. The van der Waals surface area contributed by atoms with Crippen molar-refractivity contribution < 1.29 is 9.36 Å². The zero-order valence-electron chi connectivity index (χ0n) is 17.3. The first kappa shape index (κ1) is 21.5. The van der Waals surface area contributed by atoms with Gasteiger partial charge in [-0.25, -0.2) is 0 Å². The molecule has 2 rings (SSSR count). The molecule has 144 valence electrons. The normalized spacial score (nSPS) is 12.3. The second kappa shape index (κ2) is 9.95. The summed E-state index contributed by atoms with van der Waals surface area (Å²) >= 11 is 0. The van der Waals surface area contributed by atoms with E-state index in [0.29, 0.717) is 5.56 Å². The second-order valence-corrected chi connectivity index (χ2v) is 8.36. The summed E-state index contributed by atoms with van der Waals surface area (Å²) in [5.41, 5.74) is 6.71. The molecule has 0 radical (unpaired) electrons. The molecule has 0 fully saturated rings. The Morgan fingerprint density at radius 1 is 0.963 bits per heavy atom. The number of hydrogen-bond donors (Lipinski definition) is 0. The molecular formula is C24H31O2P. The quantitative estimate of drug-likeness (QED) is 0.256. The number of carbonyl (C=O) groups excluding carboxylic acids is 1. The molecule has 3 heteroatoms. The van der Waals surface area contributed by atoms with Crippen LogP contribution in [0.15, 0.2) is 30.3 Å². The Bertz CT molecular complexity index is 823. The summed E-state index contributed by atoms with van der Waals surface area (Å²) in [6.07, 6.45) is 5.41. The lowest BCUT2D eigenvalue weighted by atomic mass is 9.87. The van der Waals surface area contributed by atoms with Crippen molar-refractivity contribution in [3.05, 3.63) is 69.3 Å². The third-order valence-corrected chi connectivity index (χ3v) is 6.40. The Labute approximate surface area is 165 Å². The monoisotopic (exact) mass is 382 g/mol. The Morgan fingerprint density at radius 2 is 1.67 bits per heavy atom. The zero-order valence-corrected chi connectivity index (χ0v) is 18.2. The average molecular weight is 382 g/mol. The van der Waals surface area contributed by atoms with E-state index < -0.39 is 0 Å². The lowest BCUT2D eigenvalue weighted by Gasteiger charge is -2.18. The van der Waals surface area contributed by atoms with E-state index in [0.717, 1.165) is 41.5 Å². The Kier molecular flexibility index (Phi) is 7.92. The molecule has 27 heavy (non-hydrogen) atoms. The van der Waals surface area contributed by atoms with Gasteiger partial charge in [-0.15, -0.1) is 0 Å². The number of hydrogen-bond acceptors (Lipinski definition) is 2. The molecular weight excluding hydrogens is 351 g/mol. The predicted octanol–water partition coefficient (Wildman–Crippen LogP) is 7.45. The van der Waals surface area contributed by atoms with Crippen LogP contribution in [0.4, 0.5) is 0 Å². The second-order valence-electron chi connectivity index (χ2n) is 7.52. The molecule has 2 nitrogen and oxygen atoms in total. The van der Waals surface area contributed by atoms with E-state index in [1.54, 1.807) is 0 Å². The summed E-state index contributed by atoms with van der Waals surface area (Å²) in [6, 6.07) is 9.78. The summed E-state index contributed by atoms with van der Waals surface area (Å²) in [4.78, 5) is 13.5. The standard InChI is InChI=1S/C24H31O2P/c1-6-7-8-9-14-22(27-26)20-12-10-11-13-21(20)24(25)23-17(3)15-16(2)18(4)19(23)5/h10-13,15,22H,6-9,14H2,1-5H3. The fourth-order valence-corrected chi connectivity index (χ4v) is 4.42. The van der Waals surface area contributed by atoms with Crippen LogP contribution in [0.3, 0.4) is 0 Å². The summed E-state index contributed by atoms with van der Waals surface area (Å²) < 4.78 is 11.9. The molecule has 2 aromatic rings. The number of rotatable bonds is 9. The zero-order chi connectivity index (χ0) is 20.0. The summed E-state index contributed by atoms with van der Waals surface area (Å²) in [6.45, 7) is 10.4. The van der Waals surface area contributed by atoms with Crippen LogP contribution in [-0.2, 0) is 4.57 Å². The largest absolute Gasteiger partial charge is 0.289 e. The Morgan fingerprint density at radius 3 is 2.33 bits per heavy atom. The summed E-state index contributed by atoms with van der Waals surface area (Å²) in [5, 5.41) is 0. The van der Waals surface area contributed by atoms with Gasteiger partial charge in [0.1, 0.15) is 0 Å². The van der Waals surface area contributed by atoms with Crippen LogP contribution in [0, 0.1) is 27.7 Å². The van der Waals surface area contributed by atoms with Gasteiger partial charge in [0, 0.05) is 11.1 Å². The highest BCUT2D eigenvalue weighted by atomic mass is 31.1. The fraction of sp³-hybridized carbons (Fsp3) is 0.458. The van der Waals surface area contributed by atoms with Crippen LogP contribution < -0.4 is 0 Å². The van der Waals surface area contributed by atoms with Crippen molar-refractivity contribution >= 4 is 14.2 Å². The third-order valence-electron chi connectivity index (χ3n) is 5.61. The van der Waals surface area contributed by atoms with Crippen molar-refractivity contribution in [3.63, 3.8) is 0 Å². The Hall–Kier alpha value is -1.79. The molecule has 0 aromatic heterocycles. The van der Waals surface area contributed by atoms with Crippen LogP contribution >= 0.6 is 8.46 Å². The summed E-state index contributed by atoms with van der Waals surface area (Å²) in [5.74, 6) is 0.0471. The molecule has 0 saturated carbocycles. The number of carbonyl (C=O) groups is 1. The van der Waals surface area contributed by atoms with Gasteiger partial charge in [-0.05, 0) is 61.9 Å². The number of benzene rings is 2. The van der Waals surface area contributed by atoms with Gasteiger partial charge < -0.3 is 0 Å². The Balaban J connectivity index is 2.41. The first-order valence-corrected chi connectivity index (χ1v) is 10.8. The van der Waals surface area contributed by atoms with Gasteiger partial charge in [-0.3, -0.25) is 9.36 Å². The van der Waals surface area contributed by atoms with Crippen LogP contribution in [0.25, 0.3) is 0 Å². The van der Waals surface area contributed by atoms with E-state index in [1.165, 1.54) is 24.0 Å². The van der Waals surface area contributed by atoms with Crippen LogP contribution in [0.1, 0.15) is 88.4 Å². The molecule has 0 saturated heterocycles. The van der Waals surface area contributed by atoms with Gasteiger partial charge in [-0.2, -0.15) is 0 Å². The van der Waals surface area contributed by atoms with E-state index in [-0.39, 0.29) is 19.9 Å². The van der Waals surface area contributed by atoms with Crippen molar-refractivity contribution in [1.29, 1.82) is 0 Å². The summed E-state index contributed by atoms with van der Waals surface area (Å²) in [7, 11) is 0.0963. The van der Waals surface area contributed by atoms with Gasteiger partial charge in [0.2, 0.25) is 0 Å². The molecule has 0 aliphatic carbocycles. The molecule has 0 aliphatic heterocycles. The van der Waals surface area contributed by atoms with Crippen molar-refractivity contribution in [1.82, 2.24) is 0 Å². The topological polar surface area (TPSA) is 34.1 Å². The van der Waals surface area contributed by atoms with Gasteiger partial charge >= 0.3 is 0 Å². The maximum atomic E-state index is 13.5. The molecule has 2 aromatic carbocycles. The molecule has 0 aliphatic rings. The highest BCUT2D eigenvalue weighted by Gasteiger charge is 2.23. The van der Waals surface area contributed by atoms with Gasteiger partial charge in [0.05, 0.1) is 5.66 Å². The van der Waals surface area contributed by atoms with E-state index >= 15 is 0 Å². The third kappa shape index (κ3) is 4.93. The number of unbranched alkanes of at least 4 members (excludes halogenated alkanes) is 3. The highest BCUT2D eigenvalue weighted by Crippen LogP contribution is 2.36. The molecule has 1 atom stereocenters. The SMILES string of the molecule is CCCCCCC(P=O)c1ccccc1C(=O)c1c(C)cc(C)c(C)c1C. The predicted molar refractivity (Wildman–Crippen MR) is 114 cm³/mol. The molecule has 0 N–H and O–H groups in total. The van der Waals surface area contributed by atoms with Gasteiger partial charge in [0.15, 0.2) is 14.2 Å². The molecule has 0 spiro atoms. The fourth-order valence-electron chi connectivity index (χ4n) is 3.79. The van der Waals surface area contributed by atoms with E-state index in [4.69, 9.17) is 0 Å². The van der Waals surface area contributed by atoms with E-state index in [1.807, 2.05) is 38.1 Å². The van der Waals surface area contributed by atoms with Gasteiger partial charge in [-0.1, -0.05) is 62.9 Å². The van der Waals surface area contributed by atoms with Crippen molar-refractivity contribution in [2.24, 2.45) is 0 Å². The average Bonchev–Trinajstić information content (AvgIpc) is 2.66. The van der Waals surface area contributed by atoms with Crippen molar-refractivity contribution in [2.75, 3.05) is 0 Å². The van der Waals surface area contributed by atoms with Crippen molar-refractivity contribution in [2.45, 2.75) is 72.4 Å². The molecule has 0 amide bonds. The van der Waals surface area contributed by atoms with Crippen LogP contribution in [-0.4, -0.2) is 5.78 Å². The maximum absolute atomic E-state index is 13.5. The smallest absolute Gasteiger partial charge is 0.193 e. The lowest BCUT2D eigenvalue weighted by molar-refractivity contribution is 0.103. The minimum atomic E-state index is -0.117. The number of ketones is 1. The van der Waals surface area contributed by atoms with E-state index in [2.05, 4.69) is 26.8 Å². The van der Waals surface area contributed by atoms with E-state index in [9.17, 15) is 9.36 Å².